The Bertz CT molecular complexity index is 626. The number of hydrogen-bond donors (Lipinski definition) is 1. The fraction of sp³-hybridized carbons (Fsp3) is 0.412. The van der Waals surface area contributed by atoms with Crippen molar-refractivity contribution < 1.29 is 5.11 Å². The van der Waals surface area contributed by atoms with Crippen LogP contribution in [0.3, 0.4) is 0 Å². The van der Waals surface area contributed by atoms with Crippen molar-refractivity contribution >= 4 is 0 Å². The summed E-state index contributed by atoms with van der Waals surface area (Å²) in [6.45, 7) is 6.25. The van der Waals surface area contributed by atoms with E-state index in [2.05, 4.69) is 27.9 Å². The molecule has 1 aliphatic rings. The molecule has 1 N–H and O–H groups in total. The molecule has 0 aliphatic carbocycles. The predicted octanol–water partition coefficient (Wildman–Crippen LogP) is 2.19. The third-order valence-corrected chi connectivity index (χ3v) is 4.19. The van der Waals surface area contributed by atoms with Gasteiger partial charge < -0.3 is 5.11 Å². The summed E-state index contributed by atoms with van der Waals surface area (Å²) in [5.41, 5.74) is 3.33. The SMILES string of the molecule is Cc1cnc(CN2CCC(O)(c3ccccc3C)C2)cn1. The van der Waals surface area contributed by atoms with Gasteiger partial charge in [-0.3, -0.25) is 14.9 Å². The van der Waals surface area contributed by atoms with Gasteiger partial charge in [-0.2, -0.15) is 0 Å². The Hall–Kier alpha value is -1.78. The minimum absolute atomic E-state index is 0.646. The first-order chi connectivity index (χ1) is 10.1. The average molecular weight is 283 g/mol. The molecule has 4 nitrogen and oxygen atoms in total. The summed E-state index contributed by atoms with van der Waals surface area (Å²) in [6, 6.07) is 8.09. The van der Waals surface area contributed by atoms with E-state index in [1.807, 2.05) is 31.3 Å². The van der Waals surface area contributed by atoms with E-state index in [0.29, 0.717) is 6.54 Å². The Morgan fingerprint density at radius 2 is 2.00 bits per heavy atom. The van der Waals surface area contributed by atoms with Crippen LogP contribution in [0.1, 0.15) is 28.9 Å². The fourth-order valence-corrected chi connectivity index (χ4v) is 3.05. The largest absolute Gasteiger partial charge is 0.384 e. The van der Waals surface area contributed by atoms with Crippen molar-refractivity contribution in [3.8, 4) is 0 Å². The molecule has 1 atom stereocenters. The highest BCUT2D eigenvalue weighted by atomic mass is 16.3. The molecule has 110 valence electrons. The summed E-state index contributed by atoms with van der Waals surface area (Å²) in [6.07, 6.45) is 4.37. The van der Waals surface area contributed by atoms with Crippen LogP contribution in [0.2, 0.25) is 0 Å². The van der Waals surface area contributed by atoms with Crippen molar-refractivity contribution in [3.05, 3.63) is 59.2 Å². The lowest BCUT2D eigenvalue weighted by molar-refractivity contribution is 0.0445. The van der Waals surface area contributed by atoms with Crippen LogP contribution in [-0.2, 0) is 12.1 Å². The Balaban J connectivity index is 1.73. The maximum Gasteiger partial charge on any atom is 0.104 e. The van der Waals surface area contributed by atoms with E-state index >= 15 is 0 Å². The molecule has 1 fully saturated rings. The van der Waals surface area contributed by atoms with E-state index in [9.17, 15) is 5.11 Å². The van der Waals surface area contributed by atoms with Gasteiger partial charge in [-0.05, 0) is 31.4 Å². The fourth-order valence-electron chi connectivity index (χ4n) is 3.05. The minimum atomic E-state index is -0.747. The lowest BCUT2D eigenvalue weighted by Crippen LogP contribution is -2.31. The second kappa shape index (κ2) is 5.54. The number of rotatable bonds is 3. The summed E-state index contributed by atoms with van der Waals surface area (Å²) < 4.78 is 0. The van der Waals surface area contributed by atoms with Crippen molar-refractivity contribution in [2.45, 2.75) is 32.4 Å². The highest BCUT2D eigenvalue weighted by Crippen LogP contribution is 2.34. The van der Waals surface area contributed by atoms with Crippen LogP contribution in [0.25, 0.3) is 0 Å². The van der Waals surface area contributed by atoms with Crippen LogP contribution >= 0.6 is 0 Å². The first-order valence-corrected chi connectivity index (χ1v) is 7.35. The first-order valence-electron chi connectivity index (χ1n) is 7.35. The molecule has 2 heterocycles. The van der Waals surface area contributed by atoms with Gasteiger partial charge in [0.25, 0.3) is 0 Å². The van der Waals surface area contributed by atoms with Gasteiger partial charge in [-0.1, -0.05) is 24.3 Å². The van der Waals surface area contributed by atoms with Gasteiger partial charge in [0.1, 0.15) is 5.60 Å². The zero-order valence-corrected chi connectivity index (χ0v) is 12.6. The number of benzene rings is 1. The minimum Gasteiger partial charge on any atom is -0.384 e. The summed E-state index contributed by atoms with van der Waals surface area (Å²) in [4.78, 5) is 10.9. The quantitative estimate of drug-likeness (QED) is 0.938. The lowest BCUT2D eigenvalue weighted by Gasteiger charge is -2.25. The monoisotopic (exact) mass is 283 g/mol. The van der Waals surface area contributed by atoms with Crippen molar-refractivity contribution in [1.29, 1.82) is 0 Å². The predicted molar refractivity (Wildman–Crippen MR) is 81.7 cm³/mol. The van der Waals surface area contributed by atoms with Crippen molar-refractivity contribution in [2.75, 3.05) is 13.1 Å². The highest BCUT2D eigenvalue weighted by molar-refractivity contribution is 5.32. The molecule has 21 heavy (non-hydrogen) atoms. The second-order valence-electron chi connectivity index (χ2n) is 5.96. The first kappa shape index (κ1) is 14.2. The number of likely N-dealkylation sites (tertiary alicyclic amines) is 1. The van der Waals surface area contributed by atoms with Gasteiger partial charge in [0.15, 0.2) is 0 Å². The molecule has 0 bridgehead atoms. The van der Waals surface area contributed by atoms with E-state index in [-0.39, 0.29) is 0 Å². The van der Waals surface area contributed by atoms with Gasteiger partial charge in [0, 0.05) is 32.0 Å². The topological polar surface area (TPSA) is 49.2 Å². The molecule has 0 saturated carbocycles. The number of nitrogens with zero attached hydrogens (tertiary/aromatic N) is 3. The number of hydrogen-bond acceptors (Lipinski definition) is 4. The molecular weight excluding hydrogens is 262 g/mol. The van der Waals surface area contributed by atoms with Crippen LogP contribution < -0.4 is 0 Å². The van der Waals surface area contributed by atoms with Gasteiger partial charge in [-0.25, -0.2) is 0 Å². The van der Waals surface area contributed by atoms with Gasteiger partial charge in [-0.15, -0.1) is 0 Å². The van der Waals surface area contributed by atoms with E-state index in [4.69, 9.17) is 0 Å². The van der Waals surface area contributed by atoms with Crippen LogP contribution in [-0.4, -0.2) is 33.1 Å². The van der Waals surface area contributed by atoms with Crippen molar-refractivity contribution in [3.63, 3.8) is 0 Å². The molecular formula is C17H21N3O. The summed E-state index contributed by atoms with van der Waals surface area (Å²) in [5, 5.41) is 11.0. The molecule has 1 saturated heterocycles. The third-order valence-electron chi connectivity index (χ3n) is 4.19. The van der Waals surface area contributed by atoms with Gasteiger partial charge in [0.2, 0.25) is 0 Å². The molecule has 0 radical (unpaired) electrons. The number of β-amino-alcohol motifs (C(OH)–C–C–N with tert-alkyl or cyclic N) is 1. The van der Waals surface area contributed by atoms with E-state index in [1.54, 1.807) is 6.20 Å². The van der Waals surface area contributed by atoms with E-state index < -0.39 is 5.60 Å². The van der Waals surface area contributed by atoms with Gasteiger partial charge >= 0.3 is 0 Å². The zero-order valence-electron chi connectivity index (χ0n) is 12.6. The maximum atomic E-state index is 11.0. The smallest absolute Gasteiger partial charge is 0.104 e. The zero-order chi connectivity index (χ0) is 14.9. The van der Waals surface area contributed by atoms with E-state index in [1.165, 1.54) is 0 Å². The molecule has 1 aromatic heterocycles. The van der Waals surface area contributed by atoms with Crippen molar-refractivity contribution in [1.82, 2.24) is 14.9 Å². The summed E-state index contributed by atoms with van der Waals surface area (Å²) >= 11 is 0. The Labute approximate surface area is 125 Å². The Morgan fingerprint density at radius 1 is 1.19 bits per heavy atom. The highest BCUT2D eigenvalue weighted by Gasteiger charge is 2.38. The number of aromatic nitrogens is 2. The summed E-state index contributed by atoms with van der Waals surface area (Å²) in [7, 11) is 0. The normalized spacial score (nSPS) is 22.6. The molecule has 1 aliphatic heterocycles. The average Bonchev–Trinajstić information content (AvgIpc) is 2.84. The van der Waals surface area contributed by atoms with Crippen LogP contribution in [0.5, 0.6) is 0 Å². The van der Waals surface area contributed by atoms with Crippen LogP contribution in [0, 0.1) is 13.8 Å². The standard InChI is InChI=1S/C17H21N3O/c1-13-5-3-4-6-16(13)17(21)7-8-20(12-17)11-15-10-18-14(2)9-19-15/h3-6,9-10,21H,7-8,11-12H2,1-2H3. The molecule has 0 spiro atoms. The second-order valence-corrected chi connectivity index (χ2v) is 5.96. The molecule has 4 heteroatoms. The molecule has 1 unspecified atom stereocenters. The molecule has 2 aromatic rings. The molecule has 0 amide bonds. The Morgan fingerprint density at radius 3 is 2.71 bits per heavy atom. The van der Waals surface area contributed by atoms with Crippen LogP contribution in [0.4, 0.5) is 0 Å². The van der Waals surface area contributed by atoms with E-state index in [0.717, 1.165) is 42.0 Å². The van der Waals surface area contributed by atoms with Gasteiger partial charge in [0.05, 0.1) is 11.4 Å². The third kappa shape index (κ3) is 2.96. The number of aryl methyl sites for hydroxylation is 2. The number of aliphatic hydroxyl groups is 1. The molecule has 3 rings (SSSR count). The van der Waals surface area contributed by atoms with Crippen molar-refractivity contribution in [2.24, 2.45) is 0 Å². The maximum absolute atomic E-state index is 11.0. The lowest BCUT2D eigenvalue weighted by atomic mass is 9.89. The molecule has 1 aromatic carbocycles. The van der Waals surface area contributed by atoms with Crippen LogP contribution in [0.15, 0.2) is 36.7 Å². The Kier molecular flexibility index (Phi) is 3.74. The summed E-state index contributed by atoms with van der Waals surface area (Å²) in [5.74, 6) is 0.